The summed E-state index contributed by atoms with van der Waals surface area (Å²) in [7, 11) is 0. The van der Waals surface area contributed by atoms with Gasteiger partial charge >= 0.3 is 0 Å². The molecule has 49 heavy (non-hydrogen) atoms. The van der Waals surface area contributed by atoms with Gasteiger partial charge in [0.2, 0.25) is 17.7 Å². The molecule has 8 N–H and O–H groups in total. The number of piperidine rings is 1. The molecule has 6 rings (SSSR count). The van der Waals surface area contributed by atoms with Gasteiger partial charge in [-0.15, -0.1) is 0 Å². The summed E-state index contributed by atoms with van der Waals surface area (Å²) >= 11 is 0. The average molecular weight is 667 g/mol. The zero-order chi connectivity index (χ0) is 34.5. The number of fused-ring (bicyclic) bond motifs is 1. The molecule has 1 aliphatic heterocycles. The molecule has 2 aromatic carbocycles. The first kappa shape index (κ1) is 33.6. The largest absolute Gasteiger partial charge is 0.354 e. The molecule has 13 nitrogen and oxygen atoms in total. The number of nitrogens with one attached hydrogen (secondary N) is 6. The second kappa shape index (κ2) is 14.9. The molecule has 1 aliphatic carbocycles. The van der Waals surface area contributed by atoms with Gasteiger partial charge in [0.05, 0.1) is 10.9 Å². The van der Waals surface area contributed by atoms with Crippen LogP contribution in [0.4, 0.5) is 5.69 Å². The lowest BCUT2D eigenvalue weighted by Crippen LogP contribution is -2.50. The van der Waals surface area contributed by atoms with Gasteiger partial charge < -0.3 is 27.0 Å². The molecule has 4 amide bonds. The van der Waals surface area contributed by atoms with Crippen LogP contribution >= 0.6 is 0 Å². The van der Waals surface area contributed by atoms with Crippen LogP contribution in [0.5, 0.6) is 0 Å². The highest BCUT2D eigenvalue weighted by Crippen LogP contribution is 2.29. The highest BCUT2D eigenvalue weighted by Gasteiger charge is 2.30. The molecule has 0 bridgehead atoms. The minimum absolute atomic E-state index is 0.146. The first-order chi connectivity index (χ1) is 23.7. The molecule has 2 fully saturated rings. The number of aromatic nitrogens is 3. The van der Waals surface area contributed by atoms with Crippen molar-refractivity contribution in [2.45, 2.75) is 64.0 Å². The molecule has 1 saturated heterocycles. The predicted octanol–water partition coefficient (Wildman–Crippen LogP) is 2.67. The van der Waals surface area contributed by atoms with E-state index >= 15 is 0 Å². The van der Waals surface area contributed by atoms with Crippen LogP contribution < -0.4 is 32.6 Å². The molecule has 4 aromatic rings. The monoisotopic (exact) mass is 666 g/mol. The van der Waals surface area contributed by atoms with Gasteiger partial charge in [-0.2, -0.15) is 0 Å². The van der Waals surface area contributed by atoms with Crippen LogP contribution in [-0.4, -0.2) is 64.0 Å². The van der Waals surface area contributed by atoms with Crippen molar-refractivity contribution in [1.29, 1.82) is 0 Å². The van der Waals surface area contributed by atoms with E-state index in [2.05, 4.69) is 36.4 Å². The summed E-state index contributed by atoms with van der Waals surface area (Å²) in [4.78, 5) is 68.2. The van der Waals surface area contributed by atoms with E-state index in [0.717, 1.165) is 54.4 Å². The maximum absolute atomic E-state index is 13.7. The van der Waals surface area contributed by atoms with E-state index in [4.69, 9.17) is 5.73 Å². The fourth-order valence-electron chi connectivity index (χ4n) is 6.68. The zero-order valence-electron chi connectivity index (χ0n) is 27.4. The molecule has 0 spiro atoms. The molecule has 1 saturated carbocycles. The maximum atomic E-state index is 13.7. The Labute approximate surface area is 283 Å². The van der Waals surface area contributed by atoms with Crippen LogP contribution in [0.2, 0.25) is 0 Å². The van der Waals surface area contributed by atoms with Gasteiger partial charge in [-0.05, 0) is 98.9 Å². The minimum atomic E-state index is -0.848. The molecule has 3 heterocycles. The molecule has 2 atom stereocenters. The third kappa shape index (κ3) is 7.89. The van der Waals surface area contributed by atoms with Crippen LogP contribution in [0, 0.1) is 18.8 Å². The van der Waals surface area contributed by atoms with Crippen molar-refractivity contribution in [1.82, 2.24) is 31.1 Å². The predicted molar refractivity (Wildman–Crippen MR) is 186 cm³/mol. The van der Waals surface area contributed by atoms with E-state index in [-0.39, 0.29) is 41.3 Å². The summed E-state index contributed by atoms with van der Waals surface area (Å²) in [6.45, 7) is 3.12. The number of pyridine rings is 1. The number of aryl methyl sites for hydroxylation is 1. The van der Waals surface area contributed by atoms with Crippen molar-refractivity contribution in [2.75, 3.05) is 18.4 Å². The van der Waals surface area contributed by atoms with E-state index < -0.39 is 18.0 Å². The second-order valence-corrected chi connectivity index (χ2v) is 13.1. The first-order valence-corrected chi connectivity index (χ1v) is 16.8. The lowest BCUT2D eigenvalue weighted by Gasteiger charge is -2.28. The van der Waals surface area contributed by atoms with Gasteiger partial charge in [-0.25, -0.2) is 0 Å². The molecule has 0 radical (unpaired) electrons. The fraction of sp³-hybridized carbons (Fsp3) is 0.389. The number of rotatable bonds is 10. The highest BCUT2D eigenvalue weighted by molar-refractivity contribution is 5.99. The van der Waals surface area contributed by atoms with Crippen LogP contribution in [0.3, 0.4) is 0 Å². The molecule has 256 valence electrons. The third-order valence-electron chi connectivity index (χ3n) is 9.67. The minimum Gasteiger partial charge on any atom is -0.354 e. The summed E-state index contributed by atoms with van der Waals surface area (Å²) in [6, 6.07) is 12.9. The Morgan fingerprint density at radius 1 is 0.980 bits per heavy atom. The smallest absolute Gasteiger partial charge is 0.271 e. The van der Waals surface area contributed by atoms with Crippen molar-refractivity contribution < 1.29 is 19.2 Å². The van der Waals surface area contributed by atoms with Crippen LogP contribution in [0.25, 0.3) is 22.0 Å². The van der Waals surface area contributed by atoms with Crippen LogP contribution in [-0.2, 0) is 20.8 Å². The number of carbonyl (C=O) groups is 4. The summed E-state index contributed by atoms with van der Waals surface area (Å²) in [6.07, 6.45) is 6.54. The van der Waals surface area contributed by atoms with Gasteiger partial charge in [0.25, 0.3) is 11.5 Å². The van der Waals surface area contributed by atoms with Crippen LogP contribution in [0.1, 0.15) is 60.1 Å². The SMILES string of the molecule is Cc1cc(C(=O)N[C@@H]2CCCNC2=O)ncc1-c1ccc(C[C@H](NC(=O)[C@H]2CC[C@H](CN)CC2)C(=O)Nc2ccc3c(=O)[nH][nH]c3c2)cc1. The Hall–Kier alpha value is -5.30. The number of anilines is 1. The lowest BCUT2D eigenvalue weighted by atomic mass is 9.81. The maximum Gasteiger partial charge on any atom is 0.271 e. The number of hydrogen-bond acceptors (Lipinski definition) is 7. The summed E-state index contributed by atoms with van der Waals surface area (Å²) in [5, 5.41) is 17.3. The fourth-order valence-corrected chi connectivity index (χ4v) is 6.68. The zero-order valence-corrected chi connectivity index (χ0v) is 27.4. The van der Waals surface area contributed by atoms with Gasteiger partial charge in [0.1, 0.15) is 17.8 Å². The Balaban J connectivity index is 1.15. The summed E-state index contributed by atoms with van der Waals surface area (Å²) in [5.41, 5.74) is 10.3. The molecule has 2 aromatic heterocycles. The molecular formula is C36H42N8O5. The normalized spacial score (nSPS) is 19.9. The van der Waals surface area contributed by atoms with Crippen molar-refractivity contribution >= 4 is 40.2 Å². The number of hydrogen-bond donors (Lipinski definition) is 7. The molecular weight excluding hydrogens is 624 g/mol. The molecule has 13 heteroatoms. The number of amides is 4. The van der Waals surface area contributed by atoms with E-state index in [0.29, 0.717) is 42.0 Å². The molecule has 0 unspecified atom stereocenters. The van der Waals surface area contributed by atoms with Gasteiger partial charge in [-0.1, -0.05) is 24.3 Å². The average Bonchev–Trinajstić information content (AvgIpc) is 3.48. The topological polar surface area (TPSA) is 204 Å². The van der Waals surface area contributed by atoms with Gasteiger partial charge in [0.15, 0.2) is 0 Å². The second-order valence-electron chi connectivity index (χ2n) is 13.1. The van der Waals surface area contributed by atoms with Gasteiger partial charge in [0, 0.05) is 36.3 Å². The van der Waals surface area contributed by atoms with Crippen molar-refractivity contribution in [2.24, 2.45) is 17.6 Å². The number of benzene rings is 2. The Bertz CT molecular complexity index is 1910. The summed E-state index contributed by atoms with van der Waals surface area (Å²) < 4.78 is 0. The van der Waals surface area contributed by atoms with E-state index in [1.807, 2.05) is 31.2 Å². The number of carbonyl (C=O) groups excluding carboxylic acids is 4. The summed E-state index contributed by atoms with van der Waals surface area (Å²) in [5.74, 6) is -0.849. The van der Waals surface area contributed by atoms with Crippen LogP contribution in [0.15, 0.2) is 59.5 Å². The van der Waals surface area contributed by atoms with E-state index in [1.54, 1.807) is 30.5 Å². The highest BCUT2D eigenvalue weighted by atomic mass is 16.2. The Kier molecular flexibility index (Phi) is 10.2. The van der Waals surface area contributed by atoms with Crippen molar-refractivity contribution in [3.8, 4) is 11.1 Å². The number of H-pyrrole nitrogens is 2. The standard InChI is InChI=1S/C36H42N8O5/c1-20-15-30(35(48)41-28-3-2-14-38-34(28)47)39-19-27(20)23-8-4-21(5-9-23)16-31(42-32(45)24-10-6-22(18-37)7-11-24)36(49)40-25-12-13-26-29(17-25)43-44-33(26)46/h4-5,8-9,12-13,15,17,19,22,24,28,31H,2-3,6-7,10-11,14,16,18,37H2,1H3,(H,38,47)(H,40,49)(H,41,48)(H,42,45)(H2,43,44,46)/t22-,24-,28-,31+/m1/s1. The van der Waals surface area contributed by atoms with Crippen molar-refractivity contribution in [3.05, 3.63) is 81.9 Å². The third-order valence-corrected chi connectivity index (χ3v) is 9.67. The Morgan fingerprint density at radius 3 is 2.47 bits per heavy atom. The van der Waals surface area contributed by atoms with E-state index in [1.165, 1.54) is 0 Å². The number of nitrogens with two attached hydrogens (primary N) is 1. The first-order valence-electron chi connectivity index (χ1n) is 16.8. The van der Waals surface area contributed by atoms with Gasteiger partial charge in [-0.3, -0.25) is 39.2 Å². The molecule has 2 aliphatic rings. The van der Waals surface area contributed by atoms with E-state index in [9.17, 15) is 24.0 Å². The lowest BCUT2D eigenvalue weighted by molar-refractivity contribution is -0.130. The quantitative estimate of drug-likeness (QED) is 0.135. The Morgan fingerprint density at radius 2 is 1.76 bits per heavy atom. The number of nitrogens with zero attached hydrogens (tertiary/aromatic N) is 1. The number of aromatic amines is 2. The van der Waals surface area contributed by atoms with Crippen molar-refractivity contribution in [3.63, 3.8) is 0 Å².